The fourth-order valence-electron chi connectivity index (χ4n) is 4.80. The predicted octanol–water partition coefficient (Wildman–Crippen LogP) is 4.56. The Balaban J connectivity index is 1.58. The zero-order chi connectivity index (χ0) is 27.8. The topological polar surface area (TPSA) is 99.8 Å². The molecule has 0 fully saturated rings. The van der Waals surface area contributed by atoms with Gasteiger partial charge < -0.3 is 25.6 Å². The highest BCUT2D eigenvalue weighted by Gasteiger charge is 2.31. The van der Waals surface area contributed by atoms with Crippen LogP contribution in [0.5, 0.6) is 5.75 Å². The van der Waals surface area contributed by atoms with Crippen LogP contribution in [0.2, 0.25) is 0 Å². The number of methoxy groups -OCH3 is 1. The Kier molecular flexibility index (Phi) is 9.20. The second-order valence-electron chi connectivity index (χ2n) is 9.50. The number of anilines is 1. The van der Waals surface area contributed by atoms with Crippen LogP contribution < -0.4 is 25.6 Å². The summed E-state index contributed by atoms with van der Waals surface area (Å²) in [7, 11) is 1.63. The molecule has 0 bridgehead atoms. The van der Waals surface area contributed by atoms with Crippen LogP contribution in [-0.2, 0) is 29.1 Å². The number of carbonyl (C=O) groups is 3. The summed E-state index contributed by atoms with van der Waals surface area (Å²) in [6, 6.07) is 21.0. The number of urea groups is 1. The van der Waals surface area contributed by atoms with Crippen LogP contribution in [0.1, 0.15) is 43.4 Å². The highest BCUT2D eigenvalue weighted by Crippen LogP contribution is 2.32. The van der Waals surface area contributed by atoms with Crippen molar-refractivity contribution >= 4 is 23.5 Å². The average molecular weight is 529 g/mol. The summed E-state index contributed by atoms with van der Waals surface area (Å²) in [5, 5.41) is 8.55. The van der Waals surface area contributed by atoms with E-state index in [1.54, 1.807) is 18.9 Å². The van der Waals surface area contributed by atoms with Gasteiger partial charge in [-0.3, -0.25) is 9.59 Å². The van der Waals surface area contributed by atoms with Crippen molar-refractivity contribution in [2.75, 3.05) is 18.6 Å². The molecule has 0 saturated heterocycles. The lowest BCUT2D eigenvalue weighted by molar-refractivity contribution is -0.127. The van der Waals surface area contributed by atoms with Gasteiger partial charge in [-0.25, -0.2) is 4.79 Å². The Bertz CT molecular complexity index is 1320. The Morgan fingerprint density at radius 3 is 2.49 bits per heavy atom. The molecule has 1 atom stereocenters. The van der Waals surface area contributed by atoms with E-state index < -0.39 is 6.04 Å². The van der Waals surface area contributed by atoms with Crippen molar-refractivity contribution in [2.24, 2.45) is 0 Å². The number of amides is 4. The number of benzene rings is 3. The number of aryl methyl sites for hydroxylation is 1. The maximum Gasteiger partial charge on any atom is 0.315 e. The first-order chi connectivity index (χ1) is 18.9. The maximum atomic E-state index is 13.7. The van der Waals surface area contributed by atoms with E-state index in [1.165, 1.54) is 0 Å². The lowest BCUT2D eigenvalue weighted by Gasteiger charge is -2.26. The number of ether oxygens (including phenoxy) is 1. The van der Waals surface area contributed by atoms with Gasteiger partial charge in [0.25, 0.3) is 0 Å². The zero-order valence-corrected chi connectivity index (χ0v) is 22.8. The monoisotopic (exact) mass is 528 g/mol. The lowest BCUT2D eigenvalue weighted by atomic mass is 9.98. The summed E-state index contributed by atoms with van der Waals surface area (Å²) in [6.45, 7) is 5.02. The van der Waals surface area contributed by atoms with Crippen LogP contribution in [0.3, 0.4) is 0 Å². The van der Waals surface area contributed by atoms with E-state index in [0.717, 1.165) is 39.3 Å². The molecule has 4 amide bonds. The van der Waals surface area contributed by atoms with Crippen molar-refractivity contribution in [3.8, 4) is 16.9 Å². The number of rotatable bonds is 9. The van der Waals surface area contributed by atoms with Crippen molar-refractivity contribution in [1.29, 1.82) is 0 Å². The molecule has 1 aliphatic rings. The average Bonchev–Trinajstić information content (AvgIpc) is 3.08. The molecule has 8 heteroatoms. The minimum absolute atomic E-state index is 0.119. The molecule has 8 nitrogen and oxygen atoms in total. The summed E-state index contributed by atoms with van der Waals surface area (Å²) >= 11 is 0. The largest absolute Gasteiger partial charge is 0.497 e. The second-order valence-corrected chi connectivity index (χ2v) is 9.50. The first-order valence-electron chi connectivity index (χ1n) is 13.4. The van der Waals surface area contributed by atoms with Crippen molar-refractivity contribution in [3.63, 3.8) is 0 Å². The van der Waals surface area contributed by atoms with E-state index in [4.69, 9.17) is 4.74 Å². The van der Waals surface area contributed by atoms with Gasteiger partial charge in [0.05, 0.1) is 13.7 Å². The molecule has 4 rings (SSSR count). The maximum absolute atomic E-state index is 13.7. The zero-order valence-electron chi connectivity index (χ0n) is 22.8. The van der Waals surface area contributed by atoms with Gasteiger partial charge in [-0.1, -0.05) is 55.5 Å². The van der Waals surface area contributed by atoms with Crippen LogP contribution in [0.25, 0.3) is 11.1 Å². The van der Waals surface area contributed by atoms with Gasteiger partial charge in [0.15, 0.2) is 0 Å². The Morgan fingerprint density at radius 2 is 1.77 bits per heavy atom. The third kappa shape index (κ3) is 6.76. The number of fused-ring (bicyclic) bond motifs is 1. The summed E-state index contributed by atoms with van der Waals surface area (Å²) in [5.41, 5.74) is 5.88. The molecule has 0 saturated carbocycles. The van der Waals surface area contributed by atoms with Crippen molar-refractivity contribution in [1.82, 2.24) is 16.0 Å². The Morgan fingerprint density at radius 1 is 1.00 bits per heavy atom. The summed E-state index contributed by atoms with van der Waals surface area (Å²) in [6.07, 6.45) is 1.51. The molecule has 0 aromatic heterocycles. The first kappa shape index (κ1) is 27.7. The highest BCUT2D eigenvalue weighted by molar-refractivity contribution is 6.00. The molecule has 0 aliphatic carbocycles. The lowest BCUT2D eigenvalue weighted by Crippen LogP contribution is -2.47. The van der Waals surface area contributed by atoms with E-state index in [2.05, 4.69) is 16.0 Å². The summed E-state index contributed by atoms with van der Waals surface area (Å²) in [5.74, 6) is 0.481. The minimum Gasteiger partial charge on any atom is -0.497 e. The van der Waals surface area contributed by atoms with Crippen LogP contribution >= 0.6 is 0 Å². The second kappa shape index (κ2) is 13.0. The van der Waals surface area contributed by atoms with E-state index in [-0.39, 0.29) is 17.8 Å². The van der Waals surface area contributed by atoms with Gasteiger partial charge in [0, 0.05) is 25.2 Å². The van der Waals surface area contributed by atoms with Gasteiger partial charge in [0.1, 0.15) is 11.8 Å². The number of hydrogen-bond acceptors (Lipinski definition) is 4. The third-order valence-corrected chi connectivity index (χ3v) is 6.90. The van der Waals surface area contributed by atoms with Gasteiger partial charge in [-0.2, -0.15) is 0 Å². The summed E-state index contributed by atoms with van der Waals surface area (Å²) < 4.78 is 5.42. The molecule has 0 unspecified atom stereocenters. The van der Waals surface area contributed by atoms with E-state index >= 15 is 0 Å². The van der Waals surface area contributed by atoms with E-state index in [9.17, 15) is 14.4 Å². The van der Waals surface area contributed by atoms with Crippen LogP contribution in [-0.4, -0.2) is 37.5 Å². The fraction of sp³-hybridized carbons (Fsp3) is 0.323. The van der Waals surface area contributed by atoms with Crippen LogP contribution in [0.4, 0.5) is 10.5 Å². The first-order valence-corrected chi connectivity index (χ1v) is 13.4. The Labute approximate surface area is 229 Å². The van der Waals surface area contributed by atoms with Crippen LogP contribution in [0, 0.1) is 0 Å². The number of nitrogens with zero attached hydrogens (tertiary/aromatic N) is 1. The minimum atomic E-state index is -0.584. The van der Waals surface area contributed by atoms with Crippen molar-refractivity contribution < 1.29 is 19.1 Å². The number of hydrogen-bond donors (Lipinski definition) is 3. The highest BCUT2D eigenvalue weighted by atomic mass is 16.5. The summed E-state index contributed by atoms with van der Waals surface area (Å²) in [4.78, 5) is 39.5. The molecular weight excluding hydrogens is 492 g/mol. The van der Waals surface area contributed by atoms with Gasteiger partial charge in [0.2, 0.25) is 11.8 Å². The molecule has 204 valence electrons. The molecule has 39 heavy (non-hydrogen) atoms. The number of carbonyl (C=O) groups excluding carboxylic acids is 3. The van der Waals surface area contributed by atoms with E-state index in [1.807, 2.05) is 73.7 Å². The van der Waals surface area contributed by atoms with Crippen molar-refractivity contribution in [3.05, 3.63) is 83.4 Å². The third-order valence-electron chi connectivity index (χ3n) is 6.90. The standard InChI is InChI=1S/C31H36N4O4/c1-4-29(36)34-27-16-14-23-18-25(39-3)15-17-28(23)35(30(27)37)20-21-10-12-22(13-11-21)26-9-7-6-8-24(26)19-33-31(38)32-5-2/h6-13,15,17-18,27H,4-5,14,16,19-20H2,1-3H3,(H,34,36)(H2,32,33,38)/t27-/m1/s1. The normalized spacial score (nSPS) is 14.7. The van der Waals surface area contributed by atoms with E-state index in [0.29, 0.717) is 38.9 Å². The quantitative estimate of drug-likeness (QED) is 0.379. The van der Waals surface area contributed by atoms with Gasteiger partial charge in [-0.15, -0.1) is 0 Å². The molecule has 0 spiro atoms. The molecule has 1 aliphatic heterocycles. The van der Waals surface area contributed by atoms with Gasteiger partial charge in [-0.05, 0) is 65.8 Å². The SMILES string of the molecule is CCNC(=O)NCc1ccccc1-c1ccc(CN2C(=O)[C@H](NC(=O)CC)CCc3cc(OC)ccc32)cc1. The smallest absolute Gasteiger partial charge is 0.315 e. The Hall–Kier alpha value is -4.33. The van der Waals surface area contributed by atoms with Gasteiger partial charge >= 0.3 is 6.03 Å². The molecule has 0 radical (unpaired) electrons. The van der Waals surface area contributed by atoms with Crippen LogP contribution in [0.15, 0.2) is 66.7 Å². The molecule has 3 aromatic carbocycles. The molecule has 3 N–H and O–H groups in total. The van der Waals surface area contributed by atoms with Crippen molar-refractivity contribution in [2.45, 2.75) is 52.2 Å². The predicted molar refractivity (Wildman–Crippen MR) is 153 cm³/mol. The molecule has 3 aromatic rings. The number of nitrogens with one attached hydrogen (secondary N) is 3. The fourth-order valence-corrected chi connectivity index (χ4v) is 4.80. The molecule has 1 heterocycles. The molecular formula is C31H36N4O4.